The molecule has 4 N–H and O–H groups in total. The van der Waals surface area contributed by atoms with Crippen LogP contribution in [-0.2, 0) is 0 Å². The average molecular weight is 315 g/mol. The molecule has 1 aliphatic heterocycles. The van der Waals surface area contributed by atoms with Crippen LogP contribution in [0.15, 0.2) is 6.07 Å². The number of aromatic nitrogens is 1. The fraction of sp³-hybridized carbons (Fsp3) is 0.375. The highest BCUT2D eigenvalue weighted by Gasteiger charge is 2.25. The van der Waals surface area contributed by atoms with Crippen molar-refractivity contribution >= 4 is 22.5 Å². The van der Waals surface area contributed by atoms with Gasteiger partial charge in [-0.1, -0.05) is 0 Å². The molecule has 2 aromatic rings. The predicted octanol–water partition coefficient (Wildman–Crippen LogP) is 1.99. The van der Waals surface area contributed by atoms with E-state index in [0.717, 1.165) is 17.7 Å². The summed E-state index contributed by atoms with van der Waals surface area (Å²) in [6, 6.07) is 1.15. The number of aromatic amines is 1. The van der Waals surface area contributed by atoms with Crippen LogP contribution in [0, 0.1) is 31.1 Å². The summed E-state index contributed by atoms with van der Waals surface area (Å²) in [5, 5.41) is 12.8. The quantitative estimate of drug-likeness (QED) is 0.754. The molecule has 1 aromatic carbocycles. The minimum atomic E-state index is -0.668. The fourth-order valence-corrected chi connectivity index (χ4v) is 3.13. The number of primary amides is 1. The van der Waals surface area contributed by atoms with E-state index in [4.69, 9.17) is 11.0 Å². The Morgan fingerprint density at radius 2 is 2.30 bits per heavy atom. The van der Waals surface area contributed by atoms with Gasteiger partial charge in [0, 0.05) is 30.2 Å². The Morgan fingerprint density at radius 3 is 2.91 bits per heavy atom. The van der Waals surface area contributed by atoms with E-state index in [2.05, 4.69) is 16.5 Å². The van der Waals surface area contributed by atoms with Crippen molar-refractivity contribution in [1.82, 2.24) is 9.88 Å². The molecule has 1 amide bonds. The number of halogens is 1. The number of carbonyl (C=O) groups is 1. The smallest absolute Gasteiger partial charge is 0.250 e. The summed E-state index contributed by atoms with van der Waals surface area (Å²) in [6.45, 7) is 4.94. The first-order valence-electron chi connectivity index (χ1n) is 7.44. The van der Waals surface area contributed by atoms with E-state index >= 15 is 0 Å². The molecule has 6 nitrogen and oxygen atoms in total. The van der Waals surface area contributed by atoms with Crippen LogP contribution in [0.3, 0.4) is 0 Å². The number of likely N-dealkylation sites (tertiary alicyclic amines) is 1. The lowest BCUT2D eigenvalue weighted by Crippen LogP contribution is -2.24. The van der Waals surface area contributed by atoms with Crippen molar-refractivity contribution < 1.29 is 9.18 Å². The van der Waals surface area contributed by atoms with Gasteiger partial charge in [0.15, 0.2) is 6.19 Å². The monoisotopic (exact) mass is 315 g/mol. The minimum absolute atomic E-state index is 0.0126. The van der Waals surface area contributed by atoms with E-state index in [1.807, 2.05) is 13.8 Å². The molecule has 1 fully saturated rings. The molecule has 1 aromatic heterocycles. The van der Waals surface area contributed by atoms with E-state index < -0.39 is 11.7 Å². The van der Waals surface area contributed by atoms with Gasteiger partial charge in [-0.2, -0.15) is 5.26 Å². The number of amides is 1. The van der Waals surface area contributed by atoms with Crippen molar-refractivity contribution in [2.24, 2.45) is 5.73 Å². The molecule has 3 rings (SSSR count). The lowest BCUT2D eigenvalue weighted by atomic mass is 10.0. The Hall–Kier alpha value is -2.75. The fourth-order valence-electron chi connectivity index (χ4n) is 3.13. The maximum atomic E-state index is 14.6. The number of rotatable bonds is 3. The third kappa shape index (κ3) is 2.46. The molecular weight excluding hydrogens is 297 g/mol. The normalized spacial score (nSPS) is 17.5. The molecule has 0 radical (unpaired) electrons. The zero-order chi connectivity index (χ0) is 16.7. The SMILES string of the molecule is Cc1[nH]c2c(C(N)=O)cc(F)c(N[C@H]3CCN(C#N)C3)c2c1C. The second kappa shape index (κ2) is 5.47. The molecule has 0 spiro atoms. The number of nitrogens with two attached hydrogens (primary N) is 1. The molecule has 0 bridgehead atoms. The zero-order valence-corrected chi connectivity index (χ0v) is 13.0. The van der Waals surface area contributed by atoms with E-state index in [1.54, 1.807) is 4.90 Å². The van der Waals surface area contributed by atoms with E-state index in [9.17, 15) is 9.18 Å². The Morgan fingerprint density at radius 1 is 1.57 bits per heavy atom. The third-order valence-corrected chi connectivity index (χ3v) is 4.47. The Labute approximate surface area is 133 Å². The van der Waals surface area contributed by atoms with Crippen molar-refractivity contribution in [2.45, 2.75) is 26.3 Å². The van der Waals surface area contributed by atoms with Crippen LogP contribution in [-0.4, -0.2) is 34.9 Å². The van der Waals surface area contributed by atoms with Gasteiger partial charge in [-0.15, -0.1) is 0 Å². The molecule has 120 valence electrons. The summed E-state index contributed by atoms with van der Waals surface area (Å²) in [5.41, 5.74) is 8.15. The molecule has 1 aliphatic rings. The number of H-pyrrole nitrogens is 1. The van der Waals surface area contributed by atoms with Gasteiger partial charge >= 0.3 is 0 Å². The summed E-state index contributed by atoms with van der Waals surface area (Å²) in [7, 11) is 0. The maximum Gasteiger partial charge on any atom is 0.250 e. The van der Waals surface area contributed by atoms with Crippen molar-refractivity contribution in [1.29, 1.82) is 5.26 Å². The molecule has 7 heteroatoms. The van der Waals surface area contributed by atoms with Gasteiger partial charge in [-0.25, -0.2) is 4.39 Å². The molecule has 0 aliphatic carbocycles. The van der Waals surface area contributed by atoms with Crippen LogP contribution >= 0.6 is 0 Å². The number of hydrogen-bond acceptors (Lipinski definition) is 4. The molecule has 23 heavy (non-hydrogen) atoms. The lowest BCUT2D eigenvalue weighted by Gasteiger charge is -2.17. The van der Waals surface area contributed by atoms with Crippen LogP contribution in [0.25, 0.3) is 10.9 Å². The first-order chi connectivity index (χ1) is 10.9. The molecule has 0 saturated carbocycles. The van der Waals surface area contributed by atoms with Gasteiger partial charge in [0.05, 0.1) is 16.8 Å². The van der Waals surface area contributed by atoms with Crippen LogP contribution in [0.1, 0.15) is 28.0 Å². The number of nitrogens with one attached hydrogen (secondary N) is 2. The van der Waals surface area contributed by atoms with Gasteiger partial charge in [-0.3, -0.25) is 4.79 Å². The molecule has 1 atom stereocenters. The minimum Gasteiger partial charge on any atom is -0.378 e. The van der Waals surface area contributed by atoms with E-state index in [1.165, 1.54) is 6.07 Å². The number of nitriles is 1. The molecule has 1 saturated heterocycles. The highest BCUT2D eigenvalue weighted by molar-refractivity contribution is 6.10. The summed E-state index contributed by atoms with van der Waals surface area (Å²) in [4.78, 5) is 16.4. The van der Waals surface area contributed by atoms with Crippen molar-refractivity contribution in [3.8, 4) is 6.19 Å². The van der Waals surface area contributed by atoms with Gasteiger partial charge < -0.3 is 20.9 Å². The first-order valence-corrected chi connectivity index (χ1v) is 7.44. The predicted molar refractivity (Wildman–Crippen MR) is 85.5 cm³/mol. The second-order valence-electron chi connectivity index (χ2n) is 5.95. The molecule has 2 heterocycles. The van der Waals surface area contributed by atoms with E-state index in [0.29, 0.717) is 29.7 Å². The van der Waals surface area contributed by atoms with Crippen LogP contribution in [0.4, 0.5) is 10.1 Å². The van der Waals surface area contributed by atoms with Crippen molar-refractivity contribution in [3.05, 3.63) is 28.7 Å². The number of hydrogen-bond donors (Lipinski definition) is 3. The zero-order valence-electron chi connectivity index (χ0n) is 13.0. The number of benzene rings is 1. The number of nitrogens with zero attached hydrogens (tertiary/aromatic N) is 2. The number of carbonyl (C=O) groups excluding carboxylic acids is 1. The Bertz CT molecular complexity index is 835. The molecule has 0 unspecified atom stereocenters. The standard InChI is InChI=1S/C16H18FN5O/c1-8-9(2)20-14-11(16(19)23)5-12(17)15(13(8)14)21-10-3-4-22(6-10)7-18/h5,10,20-21H,3-4,6H2,1-2H3,(H2,19,23)/t10-/m0/s1. The lowest BCUT2D eigenvalue weighted by molar-refractivity contribution is 0.100. The van der Waals surface area contributed by atoms with Gasteiger partial charge in [0.2, 0.25) is 0 Å². The van der Waals surface area contributed by atoms with Crippen LogP contribution in [0.5, 0.6) is 0 Å². The highest BCUT2D eigenvalue weighted by atomic mass is 19.1. The Kier molecular flexibility index (Phi) is 3.60. The Balaban J connectivity index is 2.10. The summed E-state index contributed by atoms with van der Waals surface area (Å²) >= 11 is 0. The van der Waals surface area contributed by atoms with E-state index in [-0.39, 0.29) is 11.6 Å². The van der Waals surface area contributed by atoms with Crippen LogP contribution in [0.2, 0.25) is 0 Å². The van der Waals surface area contributed by atoms with Crippen LogP contribution < -0.4 is 11.1 Å². The summed E-state index contributed by atoms with van der Waals surface area (Å²) < 4.78 is 14.6. The largest absolute Gasteiger partial charge is 0.378 e. The first kappa shape index (κ1) is 15.2. The van der Waals surface area contributed by atoms with Crippen molar-refractivity contribution in [2.75, 3.05) is 18.4 Å². The van der Waals surface area contributed by atoms with Gasteiger partial charge in [0.1, 0.15) is 5.82 Å². The number of fused-ring (bicyclic) bond motifs is 1. The second-order valence-corrected chi connectivity index (χ2v) is 5.95. The maximum absolute atomic E-state index is 14.6. The average Bonchev–Trinajstić information content (AvgIpc) is 3.07. The van der Waals surface area contributed by atoms with Crippen molar-refractivity contribution in [3.63, 3.8) is 0 Å². The highest BCUT2D eigenvalue weighted by Crippen LogP contribution is 2.34. The number of aryl methyl sites for hydroxylation is 2. The topological polar surface area (TPSA) is 97.9 Å². The number of anilines is 1. The summed E-state index contributed by atoms with van der Waals surface area (Å²) in [6.07, 6.45) is 2.86. The van der Waals surface area contributed by atoms with Gasteiger partial charge in [0.25, 0.3) is 5.91 Å². The summed E-state index contributed by atoms with van der Waals surface area (Å²) in [5.74, 6) is -1.18. The molecular formula is C16H18FN5O. The third-order valence-electron chi connectivity index (χ3n) is 4.47. The van der Waals surface area contributed by atoms with Gasteiger partial charge in [-0.05, 0) is 31.9 Å².